The molecule has 0 unspecified atom stereocenters. The van der Waals surface area contributed by atoms with E-state index in [1.807, 2.05) is 0 Å². The van der Waals surface area contributed by atoms with E-state index in [2.05, 4.69) is 17.1 Å². The average Bonchev–Trinajstić information content (AvgIpc) is 2.81. The summed E-state index contributed by atoms with van der Waals surface area (Å²) in [6.07, 6.45) is -2.73. The number of hydrogen-bond donors (Lipinski definition) is 1. The first-order valence-electron chi connectivity index (χ1n) is 8.97. The summed E-state index contributed by atoms with van der Waals surface area (Å²) in [6, 6.07) is 3.09. The number of alkyl halides is 3. The van der Waals surface area contributed by atoms with E-state index in [9.17, 15) is 18.0 Å². The standard InChI is InChI=1S/C18H26F3N3O2/c1-3-8-23-9-5-10-24(12-11-23)17(25)22-16-7-6-14(26-4-2)13-15(16)18(19,20)21/h6-7,13H,3-5,8-12H2,1-2H3,(H,22,25). The molecule has 5 nitrogen and oxygen atoms in total. The Kier molecular flexibility index (Phi) is 7.14. The second-order valence-electron chi connectivity index (χ2n) is 6.25. The highest BCUT2D eigenvalue weighted by Gasteiger charge is 2.35. The molecule has 2 amide bonds. The molecule has 0 radical (unpaired) electrons. The number of amides is 2. The van der Waals surface area contributed by atoms with E-state index in [1.165, 1.54) is 12.1 Å². The minimum atomic E-state index is -4.58. The number of benzene rings is 1. The zero-order chi connectivity index (χ0) is 19.2. The molecule has 1 saturated heterocycles. The Morgan fingerprint density at radius 1 is 1.19 bits per heavy atom. The topological polar surface area (TPSA) is 44.8 Å². The van der Waals surface area contributed by atoms with Gasteiger partial charge in [0.05, 0.1) is 17.9 Å². The minimum Gasteiger partial charge on any atom is -0.494 e. The van der Waals surface area contributed by atoms with Crippen LogP contribution in [-0.4, -0.2) is 55.2 Å². The third-order valence-electron chi connectivity index (χ3n) is 4.26. The maximum atomic E-state index is 13.3. The van der Waals surface area contributed by atoms with Crippen LogP contribution in [0.25, 0.3) is 0 Å². The van der Waals surface area contributed by atoms with Gasteiger partial charge in [-0.15, -0.1) is 0 Å². The second-order valence-corrected chi connectivity index (χ2v) is 6.25. The van der Waals surface area contributed by atoms with Crippen molar-refractivity contribution in [1.82, 2.24) is 9.80 Å². The summed E-state index contributed by atoms with van der Waals surface area (Å²) < 4.78 is 45.1. The highest BCUT2D eigenvalue weighted by molar-refractivity contribution is 5.90. The summed E-state index contributed by atoms with van der Waals surface area (Å²) in [7, 11) is 0. The maximum absolute atomic E-state index is 13.3. The summed E-state index contributed by atoms with van der Waals surface area (Å²) in [5.74, 6) is 0.128. The van der Waals surface area contributed by atoms with Gasteiger partial charge in [0, 0.05) is 19.6 Å². The van der Waals surface area contributed by atoms with Gasteiger partial charge in [-0.25, -0.2) is 4.79 Å². The van der Waals surface area contributed by atoms with Crippen molar-refractivity contribution < 1.29 is 22.7 Å². The smallest absolute Gasteiger partial charge is 0.418 e. The quantitative estimate of drug-likeness (QED) is 0.847. The van der Waals surface area contributed by atoms with Crippen molar-refractivity contribution in [1.29, 1.82) is 0 Å². The molecule has 0 spiro atoms. The first-order chi connectivity index (χ1) is 12.3. The van der Waals surface area contributed by atoms with Crippen LogP contribution in [0.1, 0.15) is 32.3 Å². The zero-order valence-corrected chi connectivity index (χ0v) is 15.2. The Morgan fingerprint density at radius 2 is 1.96 bits per heavy atom. The minimum absolute atomic E-state index is 0.128. The van der Waals surface area contributed by atoms with Crippen LogP contribution < -0.4 is 10.1 Å². The van der Waals surface area contributed by atoms with Gasteiger partial charge < -0.3 is 19.9 Å². The largest absolute Gasteiger partial charge is 0.494 e. The molecule has 0 bridgehead atoms. The number of ether oxygens (including phenoxy) is 1. The second kappa shape index (κ2) is 9.12. The number of urea groups is 1. The van der Waals surface area contributed by atoms with E-state index in [1.54, 1.807) is 11.8 Å². The van der Waals surface area contributed by atoms with Crippen molar-refractivity contribution in [2.75, 3.05) is 44.6 Å². The normalized spacial score (nSPS) is 16.3. The van der Waals surface area contributed by atoms with Crippen LogP contribution in [-0.2, 0) is 6.18 Å². The van der Waals surface area contributed by atoms with Gasteiger partial charge in [0.15, 0.2) is 0 Å². The van der Waals surface area contributed by atoms with Gasteiger partial charge in [-0.2, -0.15) is 13.2 Å². The molecule has 1 aromatic rings. The molecular formula is C18H26F3N3O2. The Bertz CT molecular complexity index is 608. The van der Waals surface area contributed by atoms with Crippen LogP contribution in [0.4, 0.5) is 23.7 Å². The van der Waals surface area contributed by atoms with Crippen molar-refractivity contribution in [3.63, 3.8) is 0 Å². The molecule has 0 aromatic heterocycles. The van der Waals surface area contributed by atoms with Gasteiger partial charge in [0.2, 0.25) is 0 Å². The van der Waals surface area contributed by atoms with E-state index in [4.69, 9.17) is 4.74 Å². The van der Waals surface area contributed by atoms with Gasteiger partial charge in [-0.3, -0.25) is 0 Å². The Balaban J connectivity index is 2.10. The Hall–Kier alpha value is -1.96. The molecule has 8 heteroatoms. The molecule has 1 aromatic carbocycles. The summed E-state index contributed by atoms with van der Waals surface area (Å²) in [5, 5.41) is 2.42. The van der Waals surface area contributed by atoms with Crippen LogP contribution in [0.5, 0.6) is 5.75 Å². The fourth-order valence-electron chi connectivity index (χ4n) is 3.03. The van der Waals surface area contributed by atoms with E-state index < -0.39 is 17.8 Å². The average molecular weight is 373 g/mol. The van der Waals surface area contributed by atoms with Gasteiger partial charge in [-0.1, -0.05) is 6.92 Å². The van der Waals surface area contributed by atoms with Crippen molar-refractivity contribution in [2.24, 2.45) is 0 Å². The fourth-order valence-corrected chi connectivity index (χ4v) is 3.03. The molecule has 0 aliphatic carbocycles. The van der Waals surface area contributed by atoms with Crippen LogP contribution in [0.3, 0.4) is 0 Å². The number of nitrogens with one attached hydrogen (secondary N) is 1. The number of nitrogens with zero attached hydrogens (tertiary/aromatic N) is 2. The summed E-state index contributed by atoms with van der Waals surface area (Å²) in [5.41, 5.74) is -1.15. The van der Waals surface area contributed by atoms with Crippen molar-refractivity contribution in [2.45, 2.75) is 32.9 Å². The van der Waals surface area contributed by atoms with Gasteiger partial charge in [0.1, 0.15) is 5.75 Å². The monoisotopic (exact) mass is 373 g/mol. The number of carbonyl (C=O) groups is 1. The van der Waals surface area contributed by atoms with Gasteiger partial charge >= 0.3 is 12.2 Å². The lowest BCUT2D eigenvalue weighted by atomic mass is 10.1. The lowest BCUT2D eigenvalue weighted by molar-refractivity contribution is -0.137. The van der Waals surface area contributed by atoms with Gasteiger partial charge in [0.25, 0.3) is 0 Å². The van der Waals surface area contributed by atoms with Crippen molar-refractivity contribution in [3.05, 3.63) is 23.8 Å². The molecule has 1 aliphatic rings. The molecule has 1 heterocycles. The predicted octanol–water partition coefficient (Wildman–Crippen LogP) is 4.05. The molecule has 2 rings (SSSR count). The van der Waals surface area contributed by atoms with Gasteiger partial charge in [-0.05, 0) is 51.1 Å². The van der Waals surface area contributed by atoms with Crippen molar-refractivity contribution >= 4 is 11.7 Å². The number of halogens is 3. The van der Waals surface area contributed by atoms with E-state index in [-0.39, 0.29) is 18.0 Å². The Labute approximate surface area is 152 Å². The zero-order valence-electron chi connectivity index (χ0n) is 15.2. The highest BCUT2D eigenvalue weighted by atomic mass is 19.4. The molecule has 146 valence electrons. The lowest BCUT2D eigenvalue weighted by Crippen LogP contribution is -2.38. The molecular weight excluding hydrogens is 347 g/mol. The summed E-state index contributed by atoms with van der Waals surface area (Å²) >= 11 is 0. The molecule has 1 N–H and O–H groups in total. The first kappa shape index (κ1) is 20.4. The maximum Gasteiger partial charge on any atom is 0.418 e. The van der Waals surface area contributed by atoms with Crippen LogP contribution in [0.2, 0.25) is 0 Å². The molecule has 1 fully saturated rings. The van der Waals surface area contributed by atoms with E-state index in [0.29, 0.717) is 13.1 Å². The third kappa shape index (κ3) is 5.52. The number of rotatable bonds is 5. The fraction of sp³-hybridized carbons (Fsp3) is 0.611. The number of carbonyl (C=O) groups excluding carboxylic acids is 1. The number of anilines is 1. The highest BCUT2D eigenvalue weighted by Crippen LogP contribution is 2.37. The van der Waals surface area contributed by atoms with E-state index >= 15 is 0 Å². The van der Waals surface area contributed by atoms with Crippen LogP contribution in [0.15, 0.2) is 18.2 Å². The number of hydrogen-bond acceptors (Lipinski definition) is 3. The van der Waals surface area contributed by atoms with Crippen molar-refractivity contribution in [3.8, 4) is 5.75 Å². The predicted molar refractivity (Wildman–Crippen MR) is 94.6 cm³/mol. The summed E-state index contributed by atoms with van der Waals surface area (Å²) in [6.45, 7) is 7.70. The lowest BCUT2D eigenvalue weighted by Gasteiger charge is -2.23. The Morgan fingerprint density at radius 3 is 2.62 bits per heavy atom. The molecule has 26 heavy (non-hydrogen) atoms. The summed E-state index contributed by atoms with van der Waals surface area (Å²) in [4.78, 5) is 16.3. The van der Waals surface area contributed by atoms with E-state index in [0.717, 1.165) is 38.5 Å². The molecule has 1 aliphatic heterocycles. The third-order valence-corrected chi connectivity index (χ3v) is 4.26. The first-order valence-corrected chi connectivity index (χ1v) is 8.97. The van der Waals surface area contributed by atoms with Crippen LogP contribution in [0, 0.1) is 0 Å². The SMILES string of the molecule is CCCN1CCCN(C(=O)Nc2ccc(OCC)cc2C(F)(F)F)CC1. The molecule has 0 atom stereocenters. The van der Waals surface area contributed by atoms with Crippen LogP contribution >= 0.6 is 0 Å². The molecule has 0 saturated carbocycles.